The summed E-state index contributed by atoms with van der Waals surface area (Å²) in [7, 11) is 0. The first-order valence-corrected chi connectivity index (χ1v) is 8.42. The number of nitrogens with one attached hydrogen (secondary N) is 1. The van der Waals surface area contributed by atoms with Gasteiger partial charge >= 0.3 is 0 Å². The van der Waals surface area contributed by atoms with E-state index in [9.17, 15) is 0 Å². The molecule has 3 aromatic rings. The fraction of sp³-hybridized carbons (Fsp3) is 0.467. The van der Waals surface area contributed by atoms with E-state index in [4.69, 9.17) is 9.26 Å². The third-order valence-corrected chi connectivity index (χ3v) is 5.18. The van der Waals surface area contributed by atoms with Crippen molar-refractivity contribution < 1.29 is 9.26 Å². The van der Waals surface area contributed by atoms with Crippen molar-refractivity contribution in [2.45, 2.75) is 39.3 Å². The molecule has 0 aromatic carbocycles. The van der Waals surface area contributed by atoms with Crippen LogP contribution in [0.1, 0.15) is 41.1 Å². The zero-order valence-electron chi connectivity index (χ0n) is 13.0. The van der Waals surface area contributed by atoms with Crippen molar-refractivity contribution in [2.24, 2.45) is 0 Å². The molecule has 4 rings (SSSR count). The minimum absolute atomic E-state index is 0.0521. The summed E-state index contributed by atoms with van der Waals surface area (Å²) in [5.74, 6) is 1.97. The van der Waals surface area contributed by atoms with Crippen LogP contribution in [0, 0.1) is 13.8 Å². The molecule has 1 fully saturated rings. The Labute approximate surface area is 137 Å². The normalized spacial score (nSPS) is 17.9. The zero-order valence-corrected chi connectivity index (χ0v) is 13.8. The van der Waals surface area contributed by atoms with Crippen LogP contribution >= 0.6 is 11.3 Å². The number of thiophene rings is 1. The minimum Gasteiger partial charge on any atom is -0.368 e. The molecule has 7 nitrogen and oxygen atoms in total. The number of anilines is 1. The molecule has 0 aliphatic carbocycles. The lowest BCUT2D eigenvalue weighted by atomic mass is 10.2. The number of aryl methyl sites for hydroxylation is 2. The molecule has 1 saturated heterocycles. The van der Waals surface area contributed by atoms with Gasteiger partial charge in [0.15, 0.2) is 5.82 Å². The van der Waals surface area contributed by atoms with Crippen molar-refractivity contribution in [1.29, 1.82) is 0 Å². The van der Waals surface area contributed by atoms with Gasteiger partial charge in [0.25, 0.3) is 5.89 Å². The van der Waals surface area contributed by atoms with Crippen LogP contribution in [-0.2, 0) is 11.3 Å². The molecule has 0 saturated carbocycles. The molecule has 1 atom stereocenters. The highest BCUT2D eigenvalue weighted by Crippen LogP contribution is 2.32. The van der Waals surface area contributed by atoms with Crippen molar-refractivity contribution in [1.82, 2.24) is 20.1 Å². The summed E-state index contributed by atoms with van der Waals surface area (Å²) in [6.07, 6.45) is 3.50. The SMILES string of the molecule is Cc1sc2ncnc(NCc3noc(C4CCCO4)n3)c2c1C. The lowest BCUT2D eigenvalue weighted by Gasteiger charge is -2.04. The molecule has 1 aliphatic rings. The second kappa shape index (κ2) is 5.86. The molecule has 8 heteroatoms. The average Bonchev–Trinajstić information content (AvgIpc) is 3.27. The number of hydrogen-bond acceptors (Lipinski definition) is 8. The van der Waals surface area contributed by atoms with E-state index in [1.165, 1.54) is 10.4 Å². The smallest absolute Gasteiger partial charge is 0.255 e. The molecule has 4 heterocycles. The average molecular weight is 331 g/mol. The standard InChI is InChI=1S/C15H17N5O2S/c1-8-9(2)23-15-12(8)13(17-7-18-15)16-6-11-19-14(22-20-11)10-4-3-5-21-10/h7,10H,3-6H2,1-2H3,(H,16,17,18). The van der Waals surface area contributed by atoms with Gasteiger partial charge in [0.05, 0.1) is 11.9 Å². The lowest BCUT2D eigenvalue weighted by molar-refractivity contribution is 0.0835. The van der Waals surface area contributed by atoms with Crippen LogP contribution in [-0.4, -0.2) is 26.7 Å². The molecular weight excluding hydrogens is 314 g/mol. The monoisotopic (exact) mass is 331 g/mol. The topological polar surface area (TPSA) is 86.0 Å². The second-order valence-electron chi connectivity index (χ2n) is 5.59. The fourth-order valence-electron chi connectivity index (χ4n) is 2.72. The van der Waals surface area contributed by atoms with E-state index in [0.29, 0.717) is 18.3 Å². The van der Waals surface area contributed by atoms with Gasteiger partial charge in [0.1, 0.15) is 23.1 Å². The first-order chi connectivity index (χ1) is 11.2. The van der Waals surface area contributed by atoms with Crippen LogP contribution in [0.15, 0.2) is 10.9 Å². The summed E-state index contributed by atoms with van der Waals surface area (Å²) in [6.45, 7) is 5.40. The zero-order chi connectivity index (χ0) is 15.8. The molecule has 0 radical (unpaired) electrons. The van der Waals surface area contributed by atoms with Crippen LogP contribution in [0.3, 0.4) is 0 Å². The summed E-state index contributed by atoms with van der Waals surface area (Å²) in [4.78, 5) is 15.3. The van der Waals surface area contributed by atoms with E-state index in [1.807, 2.05) is 0 Å². The number of aromatic nitrogens is 4. The van der Waals surface area contributed by atoms with Crippen molar-refractivity contribution in [2.75, 3.05) is 11.9 Å². The summed E-state index contributed by atoms with van der Waals surface area (Å²) < 4.78 is 10.9. The molecule has 23 heavy (non-hydrogen) atoms. The van der Waals surface area contributed by atoms with Crippen LogP contribution in [0.5, 0.6) is 0 Å². The van der Waals surface area contributed by atoms with Crippen molar-refractivity contribution >= 4 is 27.4 Å². The Balaban J connectivity index is 1.53. The van der Waals surface area contributed by atoms with E-state index in [0.717, 1.165) is 35.5 Å². The fourth-order valence-corrected chi connectivity index (χ4v) is 3.72. The third-order valence-electron chi connectivity index (χ3n) is 4.07. The molecule has 0 bridgehead atoms. The van der Waals surface area contributed by atoms with Gasteiger partial charge in [0, 0.05) is 11.5 Å². The van der Waals surface area contributed by atoms with Gasteiger partial charge in [-0.05, 0) is 32.3 Å². The van der Waals surface area contributed by atoms with Gasteiger partial charge < -0.3 is 14.6 Å². The largest absolute Gasteiger partial charge is 0.368 e. The Morgan fingerprint density at radius 1 is 1.35 bits per heavy atom. The molecular formula is C15H17N5O2S. The molecule has 1 aliphatic heterocycles. The molecule has 1 unspecified atom stereocenters. The van der Waals surface area contributed by atoms with Crippen molar-refractivity contribution in [3.05, 3.63) is 28.5 Å². The van der Waals surface area contributed by atoms with Crippen molar-refractivity contribution in [3.8, 4) is 0 Å². The molecule has 1 N–H and O–H groups in total. The third kappa shape index (κ3) is 2.68. The van der Waals surface area contributed by atoms with E-state index < -0.39 is 0 Å². The molecule has 0 spiro atoms. The maximum absolute atomic E-state index is 5.56. The lowest BCUT2D eigenvalue weighted by Crippen LogP contribution is -2.04. The Morgan fingerprint density at radius 2 is 2.26 bits per heavy atom. The Kier molecular flexibility index (Phi) is 3.70. The van der Waals surface area contributed by atoms with Gasteiger partial charge in [-0.1, -0.05) is 5.16 Å². The first-order valence-electron chi connectivity index (χ1n) is 7.61. The maximum Gasteiger partial charge on any atom is 0.255 e. The minimum atomic E-state index is -0.0521. The molecule has 0 amide bonds. The van der Waals surface area contributed by atoms with Gasteiger partial charge in [-0.25, -0.2) is 9.97 Å². The Hall–Kier alpha value is -2.06. The predicted molar refractivity (Wildman–Crippen MR) is 86.4 cm³/mol. The number of hydrogen-bond donors (Lipinski definition) is 1. The van der Waals surface area contributed by atoms with E-state index in [2.05, 4.69) is 39.3 Å². The van der Waals surface area contributed by atoms with Crippen LogP contribution in [0.4, 0.5) is 5.82 Å². The highest BCUT2D eigenvalue weighted by Gasteiger charge is 2.23. The summed E-state index contributed by atoms with van der Waals surface area (Å²) in [5, 5.41) is 8.37. The first kappa shape index (κ1) is 14.5. The van der Waals surface area contributed by atoms with Crippen molar-refractivity contribution in [3.63, 3.8) is 0 Å². The number of fused-ring (bicyclic) bond motifs is 1. The molecule has 120 valence electrons. The maximum atomic E-state index is 5.56. The summed E-state index contributed by atoms with van der Waals surface area (Å²) in [5.41, 5.74) is 1.21. The second-order valence-corrected chi connectivity index (χ2v) is 6.79. The highest BCUT2D eigenvalue weighted by molar-refractivity contribution is 7.18. The number of rotatable bonds is 4. The Morgan fingerprint density at radius 3 is 3.09 bits per heavy atom. The van der Waals surface area contributed by atoms with Gasteiger partial charge in [-0.3, -0.25) is 0 Å². The van der Waals surface area contributed by atoms with E-state index >= 15 is 0 Å². The van der Waals surface area contributed by atoms with Crippen LogP contribution in [0.2, 0.25) is 0 Å². The van der Waals surface area contributed by atoms with Crippen LogP contribution < -0.4 is 5.32 Å². The summed E-state index contributed by atoms with van der Waals surface area (Å²) in [6, 6.07) is 0. The van der Waals surface area contributed by atoms with Crippen LogP contribution in [0.25, 0.3) is 10.2 Å². The quantitative estimate of drug-likeness (QED) is 0.786. The van der Waals surface area contributed by atoms with E-state index in [1.54, 1.807) is 17.7 Å². The van der Waals surface area contributed by atoms with Gasteiger partial charge in [0.2, 0.25) is 0 Å². The molecule has 3 aromatic heterocycles. The van der Waals surface area contributed by atoms with Gasteiger partial charge in [-0.15, -0.1) is 11.3 Å². The van der Waals surface area contributed by atoms with Gasteiger partial charge in [-0.2, -0.15) is 4.98 Å². The Bertz CT molecular complexity index is 838. The number of nitrogens with zero attached hydrogens (tertiary/aromatic N) is 4. The number of ether oxygens (including phenoxy) is 1. The highest BCUT2D eigenvalue weighted by atomic mass is 32.1. The summed E-state index contributed by atoms with van der Waals surface area (Å²) >= 11 is 1.68. The van der Waals surface area contributed by atoms with E-state index in [-0.39, 0.29) is 6.10 Å². The predicted octanol–water partition coefficient (Wildman–Crippen LogP) is 3.15.